The number of Topliss-reactive ketones (excluding diaryl/α,β-unsaturated/α-hetero) is 1. The predicted octanol–water partition coefficient (Wildman–Crippen LogP) is 2.19. The number of ketones is 1. The van der Waals surface area contributed by atoms with Crippen LogP contribution in [0.5, 0.6) is 0 Å². The first-order valence-electron chi connectivity index (χ1n) is 5.56. The first kappa shape index (κ1) is 12.2. The Morgan fingerprint density at radius 2 is 2.20 bits per heavy atom. The fourth-order valence-corrected chi connectivity index (χ4v) is 2.57. The van der Waals surface area contributed by atoms with Crippen LogP contribution in [0.25, 0.3) is 0 Å². The topological polar surface area (TPSA) is 43.4 Å². The van der Waals surface area contributed by atoms with Crippen LogP contribution in [-0.4, -0.2) is 18.9 Å². The molecule has 0 aliphatic heterocycles. The molecule has 3 heteroatoms. The normalized spacial score (nSPS) is 31.0. The summed E-state index contributed by atoms with van der Waals surface area (Å²) in [6, 6.07) is 0. The Kier molecular flexibility index (Phi) is 3.53. The van der Waals surface area contributed by atoms with Gasteiger partial charge in [0.15, 0.2) is 5.78 Å². The van der Waals surface area contributed by atoms with Gasteiger partial charge in [0.25, 0.3) is 0 Å². The van der Waals surface area contributed by atoms with Crippen LogP contribution >= 0.6 is 0 Å². The maximum atomic E-state index is 12.1. The zero-order chi connectivity index (χ0) is 11.6. The minimum atomic E-state index is -0.845. The Labute approximate surface area is 91.2 Å². The first-order valence-corrected chi connectivity index (χ1v) is 5.56. The van der Waals surface area contributed by atoms with Gasteiger partial charge in [-0.15, -0.1) is 0 Å². The number of esters is 1. The average Bonchev–Trinajstić information content (AvgIpc) is 2.45. The third kappa shape index (κ3) is 2.06. The molecule has 0 amide bonds. The van der Waals surface area contributed by atoms with Gasteiger partial charge in [-0.2, -0.15) is 0 Å². The standard InChI is InChI=1S/C12H20O3/c1-8(2)7-12(11(14)15-4)6-5-9(3)10(12)13/h8-9H,5-7H2,1-4H3/t9-,12+/m0/s1. The number of methoxy groups -OCH3 is 1. The van der Waals surface area contributed by atoms with E-state index in [-0.39, 0.29) is 17.7 Å². The van der Waals surface area contributed by atoms with E-state index in [9.17, 15) is 9.59 Å². The molecule has 1 rings (SSSR count). The van der Waals surface area contributed by atoms with Crippen molar-refractivity contribution in [1.29, 1.82) is 0 Å². The van der Waals surface area contributed by atoms with Gasteiger partial charge in [-0.25, -0.2) is 0 Å². The molecule has 0 N–H and O–H groups in total. The molecule has 0 radical (unpaired) electrons. The minimum Gasteiger partial charge on any atom is -0.468 e. The quantitative estimate of drug-likeness (QED) is 0.532. The Hall–Kier alpha value is -0.860. The molecular formula is C12H20O3. The Bertz CT molecular complexity index is 270. The van der Waals surface area contributed by atoms with Gasteiger partial charge in [-0.1, -0.05) is 20.8 Å². The van der Waals surface area contributed by atoms with Crippen LogP contribution in [0.4, 0.5) is 0 Å². The lowest BCUT2D eigenvalue weighted by Crippen LogP contribution is -2.39. The molecule has 15 heavy (non-hydrogen) atoms. The molecule has 0 heterocycles. The van der Waals surface area contributed by atoms with E-state index < -0.39 is 5.41 Å². The zero-order valence-corrected chi connectivity index (χ0v) is 10.0. The lowest BCUT2D eigenvalue weighted by molar-refractivity contribution is -0.158. The summed E-state index contributed by atoms with van der Waals surface area (Å²) in [6.07, 6.45) is 2.07. The summed E-state index contributed by atoms with van der Waals surface area (Å²) in [6.45, 7) is 5.95. The SMILES string of the molecule is COC(=O)[C@@]1(CC(C)C)CC[C@H](C)C1=O. The van der Waals surface area contributed by atoms with Crippen LogP contribution < -0.4 is 0 Å². The molecule has 0 spiro atoms. The van der Waals surface area contributed by atoms with Crippen LogP contribution in [0.3, 0.4) is 0 Å². The molecule has 1 fully saturated rings. The molecule has 0 aromatic rings. The molecular weight excluding hydrogens is 192 g/mol. The van der Waals surface area contributed by atoms with Crippen LogP contribution in [0.2, 0.25) is 0 Å². The van der Waals surface area contributed by atoms with Crippen molar-refractivity contribution in [3.63, 3.8) is 0 Å². The molecule has 1 aliphatic carbocycles. The van der Waals surface area contributed by atoms with E-state index in [1.54, 1.807) is 0 Å². The van der Waals surface area contributed by atoms with E-state index in [1.165, 1.54) is 7.11 Å². The Morgan fingerprint density at radius 1 is 1.60 bits per heavy atom. The average molecular weight is 212 g/mol. The number of carbonyl (C=O) groups excluding carboxylic acids is 2. The maximum Gasteiger partial charge on any atom is 0.319 e. The molecule has 86 valence electrons. The van der Waals surface area contributed by atoms with Crippen LogP contribution in [0, 0.1) is 17.3 Å². The van der Waals surface area contributed by atoms with Gasteiger partial charge >= 0.3 is 5.97 Å². The lowest BCUT2D eigenvalue weighted by atomic mass is 9.77. The van der Waals surface area contributed by atoms with Crippen molar-refractivity contribution in [1.82, 2.24) is 0 Å². The second-order valence-corrected chi connectivity index (χ2v) is 4.98. The number of ether oxygens (including phenoxy) is 1. The predicted molar refractivity (Wildman–Crippen MR) is 57.3 cm³/mol. The summed E-state index contributed by atoms with van der Waals surface area (Å²) >= 11 is 0. The molecule has 0 bridgehead atoms. The largest absolute Gasteiger partial charge is 0.468 e. The summed E-state index contributed by atoms with van der Waals surface area (Å²) in [7, 11) is 1.36. The molecule has 0 aromatic heterocycles. The van der Waals surface area contributed by atoms with Gasteiger partial charge < -0.3 is 4.74 Å². The molecule has 1 aliphatic rings. The molecule has 0 saturated heterocycles. The third-order valence-electron chi connectivity index (χ3n) is 3.26. The highest BCUT2D eigenvalue weighted by molar-refractivity contribution is 6.06. The molecule has 0 aromatic carbocycles. The van der Waals surface area contributed by atoms with Gasteiger partial charge in [0.2, 0.25) is 0 Å². The summed E-state index contributed by atoms with van der Waals surface area (Å²) in [5.41, 5.74) is -0.845. The van der Waals surface area contributed by atoms with E-state index in [0.717, 1.165) is 6.42 Å². The van der Waals surface area contributed by atoms with E-state index in [0.29, 0.717) is 18.8 Å². The van der Waals surface area contributed by atoms with Crippen molar-refractivity contribution in [3.8, 4) is 0 Å². The van der Waals surface area contributed by atoms with Gasteiger partial charge in [0.1, 0.15) is 5.41 Å². The van der Waals surface area contributed by atoms with Crippen molar-refractivity contribution >= 4 is 11.8 Å². The highest BCUT2D eigenvalue weighted by Crippen LogP contribution is 2.43. The second-order valence-electron chi connectivity index (χ2n) is 4.98. The van der Waals surface area contributed by atoms with E-state index >= 15 is 0 Å². The van der Waals surface area contributed by atoms with Crippen LogP contribution in [0.15, 0.2) is 0 Å². The smallest absolute Gasteiger partial charge is 0.319 e. The molecule has 2 atom stereocenters. The number of hydrogen-bond acceptors (Lipinski definition) is 3. The molecule has 3 nitrogen and oxygen atoms in total. The fourth-order valence-electron chi connectivity index (χ4n) is 2.57. The third-order valence-corrected chi connectivity index (χ3v) is 3.26. The molecule has 0 unspecified atom stereocenters. The van der Waals surface area contributed by atoms with Gasteiger partial charge in [-0.3, -0.25) is 9.59 Å². The number of rotatable bonds is 3. The summed E-state index contributed by atoms with van der Waals surface area (Å²) in [5.74, 6) is 0.0646. The van der Waals surface area contributed by atoms with Crippen molar-refractivity contribution in [3.05, 3.63) is 0 Å². The van der Waals surface area contributed by atoms with E-state index in [2.05, 4.69) is 0 Å². The zero-order valence-electron chi connectivity index (χ0n) is 10.0. The summed E-state index contributed by atoms with van der Waals surface area (Å²) in [4.78, 5) is 23.8. The van der Waals surface area contributed by atoms with Crippen LogP contribution in [-0.2, 0) is 14.3 Å². The van der Waals surface area contributed by atoms with Crippen LogP contribution in [0.1, 0.15) is 40.0 Å². The molecule has 1 saturated carbocycles. The summed E-state index contributed by atoms with van der Waals surface area (Å²) in [5, 5.41) is 0. The summed E-state index contributed by atoms with van der Waals surface area (Å²) < 4.78 is 4.80. The number of hydrogen-bond donors (Lipinski definition) is 0. The Morgan fingerprint density at radius 3 is 2.53 bits per heavy atom. The van der Waals surface area contributed by atoms with Crippen molar-refractivity contribution in [2.75, 3.05) is 7.11 Å². The van der Waals surface area contributed by atoms with Gasteiger partial charge in [-0.05, 0) is 25.2 Å². The van der Waals surface area contributed by atoms with Gasteiger partial charge in [0, 0.05) is 5.92 Å². The first-order chi connectivity index (χ1) is 6.94. The second kappa shape index (κ2) is 4.33. The Balaban J connectivity index is 2.97. The number of carbonyl (C=O) groups is 2. The van der Waals surface area contributed by atoms with Gasteiger partial charge in [0.05, 0.1) is 7.11 Å². The highest BCUT2D eigenvalue weighted by atomic mass is 16.5. The fraction of sp³-hybridized carbons (Fsp3) is 0.833. The van der Waals surface area contributed by atoms with Crippen molar-refractivity contribution in [2.45, 2.75) is 40.0 Å². The maximum absolute atomic E-state index is 12.1. The monoisotopic (exact) mass is 212 g/mol. The van der Waals surface area contributed by atoms with Crippen molar-refractivity contribution in [2.24, 2.45) is 17.3 Å². The minimum absolute atomic E-state index is 0.00264. The van der Waals surface area contributed by atoms with E-state index in [4.69, 9.17) is 4.74 Å². The van der Waals surface area contributed by atoms with Crippen molar-refractivity contribution < 1.29 is 14.3 Å². The van der Waals surface area contributed by atoms with E-state index in [1.807, 2.05) is 20.8 Å². The lowest BCUT2D eigenvalue weighted by Gasteiger charge is -2.26. The highest BCUT2D eigenvalue weighted by Gasteiger charge is 2.52.